The van der Waals surface area contributed by atoms with E-state index < -0.39 is 10.0 Å². The Morgan fingerprint density at radius 2 is 1.68 bits per heavy atom. The van der Waals surface area contributed by atoms with Gasteiger partial charge in [0.25, 0.3) is 5.91 Å². The lowest BCUT2D eigenvalue weighted by molar-refractivity contribution is -0.114. The Kier molecular flexibility index (Phi) is 6.64. The van der Waals surface area contributed by atoms with E-state index in [9.17, 15) is 13.2 Å². The van der Waals surface area contributed by atoms with Crippen molar-refractivity contribution >= 4 is 27.3 Å². The molecule has 1 fully saturated rings. The van der Waals surface area contributed by atoms with E-state index in [2.05, 4.69) is 10.4 Å². The van der Waals surface area contributed by atoms with Crippen molar-refractivity contribution in [3.05, 3.63) is 66.2 Å². The van der Waals surface area contributed by atoms with Gasteiger partial charge in [-0.1, -0.05) is 48.5 Å². The second kappa shape index (κ2) is 9.59. The SMILES string of the molecule is O=C(NCCS(=O)(=O)N1CCOCC1)C1=NN(c2ccccc2)C(c2ccccc2)C1. The van der Waals surface area contributed by atoms with Crippen LogP contribution in [0.5, 0.6) is 0 Å². The number of morpholine rings is 1. The molecule has 2 aromatic carbocycles. The fraction of sp³-hybridized carbons (Fsp3) is 0.364. The molecule has 8 nitrogen and oxygen atoms in total. The number of sulfonamides is 1. The first-order chi connectivity index (χ1) is 15.0. The number of nitrogens with one attached hydrogen (secondary N) is 1. The van der Waals surface area contributed by atoms with E-state index in [0.29, 0.717) is 38.4 Å². The molecule has 1 saturated heterocycles. The van der Waals surface area contributed by atoms with Crippen LogP contribution < -0.4 is 10.3 Å². The molecule has 0 radical (unpaired) electrons. The fourth-order valence-electron chi connectivity index (χ4n) is 3.75. The number of nitrogens with zero attached hydrogens (tertiary/aromatic N) is 3. The van der Waals surface area contributed by atoms with Crippen LogP contribution in [-0.2, 0) is 19.6 Å². The second-order valence-corrected chi connectivity index (χ2v) is 9.53. The van der Waals surface area contributed by atoms with Crippen LogP contribution in [0.2, 0.25) is 0 Å². The molecule has 9 heteroatoms. The number of carbonyl (C=O) groups excluding carboxylic acids is 1. The largest absolute Gasteiger partial charge is 0.379 e. The molecule has 1 amide bonds. The third-order valence-corrected chi connectivity index (χ3v) is 7.26. The number of ether oxygens (including phenoxy) is 1. The minimum atomic E-state index is -3.42. The Morgan fingerprint density at radius 1 is 1.03 bits per heavy atom. The van der Waals surface area contributed by atoms with E-state index in [0.717, 1.165) is 11.3 Å². The first-order valence-electron chi connectivity index (χ1n) is 10.3. The van der Waals surface area contributed by atoms with Crippen LogP contribution in [0.1, 0.15) is 18.0 Å². The maximum Gasteiger partial charge on any atom is 0.267 e. The third-order valence-electron chi connectivity index (χ3n) is 5.39. The minimum Gasteiger partial charge on any atom is -0.379 e. The highest BCUT2D eigenvalue weighted by molar-refractivity contribution is 7.89. The zero-order chi connectivity index (χ0) is 21.7. The average Bonchev–Trinajstić information content (AvgIpc) is 3.26. The predicted octanol–water partition coefficient (Wildman–Crippen LogP) is 1.77. The molecule has 0 bridgehead atoms. The van der Waals surface area contributed by atoms with E-state index in [1.807, 2.05) is 65.7 Å². The highest BCUT2D eigenvalue weighted by Crippen LogP contribution is 2.34. The van der Waals surface area contributed by atoms with E-state index in [1.165, 1.54) is 4.31 Å². The molecule has 4 rings (SSSR count). The Morgan fingerprint density at radius 3 is 2.35 bits per heavy atom. The number of carbonyl (C=O) groups is 1. The third kappa shape index (κ3) is 5.12. The van der Waals surface area contributed by atoms with Crippen molar-refractivity contribution < 1.29 is 17.9 Å². The van der Waals surface area contributed by atoms with Crippen molar-refractivity contribution in [1.82, 2.24) is 9.62 Å². The molecular weight excluding hydrogens is 416 g/mol. The number of para-hydroxylation sites is 1. The Balaban J connectivity index is 1.42. The van der Waals surface area contributed by atoms with Gasteiger partial charge in [-0.15, -0.1) is 0 Å². The molecule has 1 N–H and O–H groups in total. The summed E-state index contributed by atoms with van der Waals surface area (Å²) in [4.78, 5) is 12.8. The summed E-state index contributed by atoms with van der Waals surface area (Å²) < 4.78 is 31.5. The Hall–Kier alpha value is -2.75. The number of hydrogen-bond acceptors (Lipinski definition) is 6. The summed E-state index contributed by atoms with van der Waals surface area (Å²) in [6, 6.07) is 19.5. The summed E-state index contributed by atoms with van der Waals surface area (Å²) in [6.45, 7) is 1.55. The Labute approximate surface area is 182 Å². The normalized spacial score (nSPS) is 19.8. The molecule has 2 aliphatic rings. The van der Waals surface area contributed by atoms with Crippen LogP contribution in [0.15, 0.2) is 65.8 Å². The smallest absolute Gasteiger partial charge is 0.267 e. The van der Waals surface area contributed by atoms with E-state index >= 15 is 0 Å². The van der Waals surface area contributed by atoms with Crippen molar-refractivity contribution in [2.45, 2.75) is 12.5 Å². The maximum absolute atomic E-state index is 12.8. The van der Waals surface area contributed by atoms with Gasteiger partial charge in [0.2, 0.25) is 10.0 Å². The molecule has 0 saturated carbocycles. The van der Waals surface area contributed by atoms with Gasteiger partial charge in [0.05, 0.1) is 30.7 Å². The first-order valence-corrected chi connectivity index (χ1v) is 12.0. The standard InChI is InChI=1S/C22H26N4O4S/c27-22(23-11-16-31(28,29)25-12-14-30-15-13-25)20-17-21(18-7-3-1-4-8-18)26(24-20)19-9-5-2-6-10-19/h1-10,21H,11-17H2,(H,23,27). The van der Waals surface area contributed by atoms with Crippen LogP contribution in [-0.4, -0.2) is 62.9 Å². The van der Waals surface area contributed by atoms with Gasteiger partial charge in [-0.3, -0.25) is 9.80 Å². The molecule has 2 heterocycles. The molecular formula is C22H26N4O4S. The quantitative estimate of drug-likeness (QED) is 0.706. The van der Waals surface area contributed by atoms with Gasteiger partial charge in [-0.2, -0.15) is 9.41 Å². The van der Waals surface area contributed by atoms with Crippen LogP contribution >= 0.6 is 0 Å². The first kappa shape index (κ1) is 21.5. The topological polar surface area (TPSA) is 91.3 Å². The molecule has 31 heavy (non-hydrogen) atoms. The van der Waals surface area contributed by atoms with Crippen molar-refractivity contribution in [2.24, 2.45) is 5.10 Å². The second-order valence-electron chi connectivity index (χ2n) is 7.44. The Bertz CT molecular complexity index is 1020. The van der Waals surface area contributed by atoms with Gasteiger partial charge >= 0.3 is 0 Å². The number of amides is 1. The number of rotatable bonds is 7. The molecule has 2 aliphatic heterocycles. The lowest BCUT2D eigenvalue weighted by Gasteiger charge is -2.26. The summed E-state index contributed by atoms with van der Waals surface area (Å²) in [5, 5.41) is 9.17. The van der Waals surface area contributed by atoms with Crippen LogP contribution in [0.3, 0.4) is 0 Å². The lowest BCUT2D eigenvalue weighted by Crippen LogP contribution is -2.44. The van der Waals surface area contributed by atoms with Crippen LogP contribution in [0.4, 0.5) is 5.69 Å². The molecule has 164 valence electrons. The number of benzene rings is 2. The van der Waals surface area contributed by atoms with E-state index in [-0.39, 0.29) is 24.2 Å². The zero-order valence-electron chi connectivity index (χ0n) is 17.2. The molecule has 0 aliphatic carbocycles. The predicted molar refractivity (Wildman–Crippen MR) is 119 cm³/mol. The van der Waals surface area contributed by atoms with Crippen LogP contribution in [0, 0.1) is 0 Å². The summed E-state index contributed by atoms with van der Waals surface area (Å²) in [5.74, 6) is -0.479. The fourth-order valence-corrected chi connectivity index (χ4v) is 5.07. The van der Waals surface area contributed by atoms with Gasteiger partial charge in [-0.05, 0) is 17.7 Å². The summed E-state index contributed by atoms with van der Waals surface area (Å²) in [5.41, 5.74) is 2.35. The minimum absolute atomic E-state index is 0.0406. The summed E-state index contributed by atoms with van der Waals surface area (Å²) in [7, 11) is -3.42. The lowest BCUT2D eigenvalue weighted by atomic mass is 10.0. The summed E-state index contributed by atoms with van der Waals surface area (Å²) >= 11 is 0. The molecule has 0 spiro atoms. The van der Waals surface area contributed by atoms with Crippen molar-refractivity contribution in [3.8, 4) is 0 Å². The van der Waals surface area contributed by atoms with Crippen LogP contribution in [0.25, 0.3) is 0 Å². The number of hydrogen-bond donors (Lipinski definition) is 1. The zero-order valence-corrected chi connectivity index (χ0v) is 18.0. The summed E-state index contributed by atoms with van der Waals surface area (Å²) in [6.07, 6.45) is 0.445. The van der Waals surface area contributed by atoms with Crippen molar-refractivity contribution in [2.75, 3.05) is 43.6 Å². The molecule has 2 aromatic rings. The van der Waals surface area contributed by atoms with Gasteiger partial charge in [0, 0.05) is 26.1 Å². The van der Waals surface area contributed by atoms with Gasteiger partial charge < -0.3 is 10.1 Å². The van der Waals surface area contributed by atoms with Gasteiger partial charge in [0.15, 0.2) is 0 Å². The maximum atomic E-state index is 12.8. The highest BCUT2D eigenvalue weighted by atomic mass is 32.2. The molecule has 0 aromatic heterocycles. The van der Waals surface area contributed by atoms with E-state index in [4.69, 9.17) is 4.74 Å². The number of hydrazone groups is 1. The number of anilines is 1. The molecule has 1 atom stereocenters. The highest BCUT2D eigenvalue weighted by Gasteiger charge is 2.32. The van der Waals surface area contributed by atoms with E-state index in [1.54, 1.807) is 0 Å². The average molecular weight is 443 g/mol. The monoisotopic (exact) mass is 442 g/mol. The van der Waals surface area contributed by atoms with Gasteiger partial charge in [0.1, 0.15) is 5.71 Å². The van der Waals surface area contributed by atoms with Crippen molar-refractivity contribution in [1.29, 1.82) is 0 Å². The van der Waals surface area contributed by atoms with Crippen molar-refractivity contribution in [3.63, 3.8) is 0 Å². The molecule has 1 unspecified atom stereocenters. The van der Waals surface area contributed by atoms with Gasteiger partial charge in [-0.25, -0.2) is 8.42 Å².